The minimum atomic E-state index is -3.05. The van der Waals surface area contributed by atoms with Gasteiger partial charge in [0.2, 0.25) is 6.43 Å². The fourth-order valence-electron chi connectivity index (χ4n) is 3.44. The van der Waals surface area contributed by atoms with Crippen LogP contribution in [0.5, 0.6) is 11.5 Å². The highest BCUT2D eigenvalue weighted by molar-refractivity contribution is 6.09. The van der Waals surface area contributed by atoms with Crippen LogP contribution in [0.15, 0.2) is 47.5 Å². The third kappa shape index (κ3) is 4.47. The Morgan fingerprint density at radius 3 is 2.44 bits per heavy atom. The standard InChI is InChI=1S/C21H22F4N4O3/c1-29-18(30)21(28-20(29)27,13-3-2-4-15(10-13)31-8-7-17(22)23)14-5-6-16(32-19(24)25)12(9-14)11-26/h2-6,9-10,17,19H,7-8,11,26H2,1H3,(H2,27,28)/t21-/m0/s1. The maximum Gasteiger partial charge on any atom is 0.387 e. The van der Waals surface area contributed by atoms with Crippen molar-refractivity contribution in [2.45, 2.75) is 31.5 Å². The SMILES string of the molecule is CN1C(=O)[C@](c2cccc(OCCC(F)F)c2)(c2ccc(OC(F)F)c(CN)c2)N=C1N. The van der Waals surface area contributed by atoms with Gasteiger partial charge in [-0.1, -0.05) is 18.2 Å². The van der Waals surface area contributed by atoms with Crippen LogP contribution < -0.4 is 20.9 Å². The summed E-state index contributed by atoms with van der Waals surface area (Å²) < 4.78 is 60.2. The van der Waals surface area contributed by atoms with Crippen LogP contribution in [0.25, 0.3) is 0 Å². The van der Waals surface area contributed by atoms with Crippen LogP contribution in [0.1, 0.15) is 23.1 Å². The van der Waals surface area contributed by atoms with Crippen molar-refractivity contribution < 1.29 is 31.8 Å². The van der Waals surface area contributed by atoms with E-state index in [9.17, 15) is 22.4 Å². The molecule has 1 aliphatic heterocycles. The Morgan fingerprint density at radius 1 is 1.12 bits per heavy atom. The second-order valence-corrected chi connectivity index (χ2v) is 7.01. The molecule has 1 amide bonds. The van der Waals surface area contributed by atoms with E-state index in [1.54, 1.807) is 18.2 Å². The Bertz CT molecular complexity index is 1020. The number of amides is 1. The maximum atomic E-state index is 13.3. The number of rotatable bonds is 9. The normalized spacial score (nSPS) is 18.4. The molecule has 2 aromatic carbocycles. The van der Waals surface area contributed by atoms with Crippen LogP contribution in [-0.4, -0.2) is 43.5 Å². The molecule has 1 aliphatic rings. The molecule has 0 spiro atoms. The van der Waals surface area contributed by atoms with Gasteiger partial charge in [0.25, 0.3) is 5.91 Å². The predicted octanol–water partition coefficient (Wildman–Crippen LogP) is 2.81. The number of likely N-dealkylation sites (N-methyl/N-ethyl adjacent to an activating group) is 1. The molecule has 2 aromatic rings. The fraction of sp³-hybridized carbons (Fsp3) is 0.333. The first-order chi connectivity index (χ1) is 15.2. The number of carbonyl (C=O) groups is 1. The van der Waals surface area contributed by atoms with Crippen molar-refractivity contribution in [2.75, 3.05) is 13.7 Å². The summed E-state index contributed by atoms with van der Waals surface area (Å²) in [6.45, 7) is -3.40. The van der Waals surface area contributed by atoms with E-state index < -0.39 is 30.9 Å². The Morgan fingerprint density at radius 2 is 1.84 bits per heavy atom. The molecule has 7 nitrogen and oxygen atoms in total. The third-order valence-electron chi connectivity index (χ3n) is 5.01. The van der Waals surface area contributed by atoms with Crippen LogP contribution in [0, 0.1) is 0 Å². The Hall–Kier alpha value is -3.34. The maximum absolute atomic E-state index is 13.3. The molecular formula is C21H22F4N4O3. The van der Waals surface area contributed by atoms with Gasteiger partial charge in [-0.3, -0.25) is 9.69 Å². The molecule has 3 rings (SSSR count). The van der Waals surface area contributed by atoms with Crippen LogP contribution >= 0.6 is 0 Å². The zero-order chi connectivity index (χ0) is 23.5. The zero-order valence-electron chi connectivity index (χ0n) is 17.1. The summed E-state index contributed by atoms with van der Waals surface area (Å²) in [7, 11) is 1.45. The average molecular weight is 454 g/mol. The van der Waals surface area contributed by atoms with Gasteiger partial charge in [0, 0.05) is 25.6 Å². The van der Waals surface area contributed by atoms with Gasteiger partial charge in [-0.2, -0.15) is 8.78 Å². The summed E-state index contributed by atoms with van der Waals surface area (Å²) in [6.07, 6.45) is -2.96. The van der Waals surface area contributed by atoms with Gasteiger partial charge in [-0.25, -0.2) is 13.8 Å². The lowest BCUT2D eigenvalue weighted by molar-refractivity contribution is -0.129. The molecule has 4 N–H and O–H groups in total. The average Bonchev–Trinajstić information content (AvgIpc) is 2.98. The lowest BCUT2D eigenvalue weighted by atomic mass is 9.82. The quantitative estimate of drug-likeness (QED) is 0.568. The number of hydrogen-bond donors (Lipinski definition) is 2. The molecule has 1 atom stereocenters. The molecule has 0 aliphatic carbocycles. The van der Waals surface area contributed by atoms with Crippen molar-refractivity contribution in [3.63, 3.8) is 0 Å². The van der Waals surface area contributed by atoms with E-state index in [0.29, 0.717) is 11.1 Å². The van der Waals surface area contributed by atoms with E-state index in [-0.39, 0.29) is 36.2 Å². The Balaban J connectivity index is 2.10. The summed E-state index contributed by atoms with van der Waals surface area (Å²) in [4.78, 5) is 18.9. The number of halogens is 4. The monoisotopic (exact) mass is 454 g/mol. The fourth-order valence-corrected chi connectivity index (χ4v) is 3.44. The van der Waals surface area contributed by atoms with E-state index >= 15 is 0 Å². The molecule has 0 unspecified atom stereocenters. The molecule has 0 aromatic heterocycles. The molecule has 0 bridgehead atoms. The summed E-state index contributed by atoms with van der Waals surface area (Å²) >= 11 is 0. The van der Waals surface area contributed by atoms with E-state index in [2.05, 4.69) is 9.73 Å². The second kappa shape index (κ2) is 9.43. The highest BCUT2D eigenvalue weighted by Gasteiger charge is 2.49. The lowest BCUT2D eigenvalue weighted by Crippen LogP contribution is -2.41. The summed E-state index contributed by atoms with van der Waals surface area (Å²) in [5.41, 5.74) is 10.9. The number of alkyl halides is 4. The van der Waals surface area contributed by atoms with Crippen molar-refractivity contribution in [3.8, 4) is 11.5 Å². The van der Waals surface area contributed by atoms with Crippen molar-refractivity contribution in [1.82, 2.24) is 4.90 Å². The van der Waals surface area contributed by atoms with Crippen LogP contribution in [0.3, 0.4) is 0 Å². The topological polar surface area (TPSA) is 103 Å². The molecule has 11 heteroatoms. The van der Waals surface area contributed by atoms with Gasteiger partial charge in [-0.05, 0) is 35.4 Å². The van der Waals surface area contributed by atoms with Crippen molar-refractivity contribution in [2.24, 2.45) is 16.5 Å². The molecule has 0 radical (unpaired) electrons. The number of hydrogen-bond acceptors (Lipinski definition) is 6. The zero-order valence-corrected chi connectivity index (χ0v) is 17.1. The first-order valence-electron chi connectivity index (χ1n) is 9.62. The summed E-state index contributed by atoms with van der Waals surface area (Å²) in [5, 5.41) is 0. The highest BCUT2D eigenvalue weighted by Crippen LogP contribution is 2.41. The smallest absolute Gasteiger partial charge is 0.387 e. The van der Waals surface area contributed by atoms with E-state index in [1.807, 2.05) is 0 Å². The first kappa shape index (κ1) is 23.3. The number of carbonyl (C=O) groups excluding carboxylic acids is 1. The second-order valence-electron chi connectivity index (χ2n) is 7.01. The van der Waals surface area contributed by atoms with Gasteiger partial charge in [0.1, 0.15) is 11.5 Å². The number of ether oxygens (including phenoxy) is 2. The number of guanidine groups is 1. The van der Waals surface area contributed by atoms with Gasteiger partial charge >= 0.3 is 6.61 Å². The first-order valence-corrected chi connectivity index (χ1v) is 9.62. The van der Waals surface area contributed by atoms with Crippen LogP contribution in [0.4, 0.5) is 17.6 Å². The third-order valence-corrected chi connectivity index (χ3v) is 5.01. The number of aliphatic imine (C=N–C) groups is 1. The molecule has 172 valence electrons. The van der Waals surface area contributed by atoms with E-state index in [4.69, 9.17) is 16.2 Å². The van der Waals surface area contributed by atoms with Gasteiger partial charge in [-0.15, -0.1) is 0 Å². The largest absolute Gasteiger partial charge is 0.493 e. The molecule has 32 heavy (non-hydrogen) atoms. The lowest BCUT2D eigenvalue weighted by Gasteiger charge is -2.27. The minimum Gasteiger partial charge on any atom is -0.493 e. The van der Waals surface area contributed by atoms with E-state index in [1.165, 1.54) is 31.3 Å². The van der Waals surface area contributed by atoms with E-state index in [0.717, 1.165) is 4.90 Å². The minimum absolute atomic E-state index is 0.0544. The molecule has 0 saturated heterocycles. The van der Waals surface area contributed by atoms with Crippen molar-refractivity contribution in [1.29, 1.82) is 0 Å². The van der Waals surface area contributed by atoms with Crippen LogP contribution in [0.2, 0.25) is 0 Å². The molecule has 0 fully saturated rings. The Kier molecular flexibility index (Phi) is 6.87. The molecule has 1 heterocycles. The molecule has 0 saturated carbocycles. The van der Waals surface area contributed by atoms with Crippen molar-refractivity contribution in [3.05, 3.63) is 59.2 Å². The molecular weight excluding hydrogens is 432 g/mol. The van der Waals surface area contributed by atoms with Gasteiger partial charge in [0.05, 0.1) is 6.61 Å². The summed E-state index contributed by atoms with van der Waals surface area (Å²) in [6, 6.07) is 10.4. The summed E-state index contributed by atoms with van der Waals surface area (Å²) in [5.74, 6) is -0.414. The Labute approximate surface area is 181 Å². The number of nitrogens with two attached hydrogens (primary N) is 2. The number of nitrogens with zero attached hydrogens (tertiary/aromatic N) is 2. The van der Waals surface area contributed by atoms with Gasteiger partial charge in [0.15, 0.2) is 11.5 Å². The van der Waals surface area contributed by atoms with Gasteiger partial charge < -0.3 is 20.9 Å². The van der Waals surface area contributed by atoms with Crippen LogP contribution in [-0.2, 0) is 16.9 Å². The number of benzene rings is 2. The predicted molar refractivity (Wildman–Crippen MR) is 109 cm³/mol. The highest BCUT2D eigenvalue weighted by atomic mass is 19.3. The van der Waals surface area contributed by atoms with Crippen molar-refractivity contribution >= 4 is 11.9 Å².